The maximum Gasteiger partial charge on any atom is 0.0645 e. The first-order chi connectivity index (χ1) is 6.38. The highest BCUT2D eigenvalue weighted by Gasteiger charge is 2.44. The highest BCUT2D eigenvalue weighted by molar-refractivity contribution is 4.95. The average Bonchev–Trinajstić information content (AvgIpc) is 2.60. The quantitative estimate of drug-likeness (QED) is 0.591. The number of hydrogen-bond acceptors (Lipinski definition) is 3. The summed E-state index contributed by atoms with van der Waals surface area (Å²) >= 11 is 0. The topological polar surface area (TPSA) is 21.7 Å². The summed E-state index contributed by atoms with van der Waals surface area (Å²) in [4.78, 5) is 2.60. The van der Waals surface area contributed by atoms with E-state index in [4.69, 9.17) is 9.47 Å². The van der Waals surface area contributed by atoms with Crippen molar-refractivity contribution in [3.05, 3.63) is 0 Å². The second kappa shape index (κ2) is 2.94. The lowest BCUT2D eigenvalue weighted by molar-refractivity contribution is -0.0603. The molecule has 3 aliphatic heterocycles. The van der Waals surface area contributed by atoms with Crippen LogP contribution in [0.15, 0.2) is 0 Å². The lowest BCUT2D eigenvalue weighted by atomic mass is 9.87. The van der Waals surface area contributed by atoms with Crippen LogP contribution in [0.4, 0.5) is 0 Å². The van der Waals surface area contributed by atoms with Crippen LogP contribution >= 0.6 is 0 Å². The fourth-order valence-corrected chi connectivity index (χ4v) is 2.69. The van der Waals surface area contributed by atoms with E-state index in [-0.39, 0.29) is 0 Å². The smallest absolute Gasteiger partial charge is 0.0645 e. The summed E-state index contributed by atoms with van der Waals surface area (Å²) in [6.07, 6.45) is 2.61. The van der Waals surface area contributed by atoms with Gasteiger partial charge in [-0.3, -0.25) is 4.90 Å². The summed E-state index contributed by atoms with van der Waals surface area (Å²) in [6.45, 7) is 6.40. The molecule has 3 rings (SSSR count). The first-order valence-corrected chi connectivity index (χ1v) is 5.28. The van der Waals surface area contributed by atoms with Gasteiger partial charge in [-0.05, 0) is 19.4 Å². The predicted octanol–water partition coefficient (Wildman–Crippen LogP) is 0.498. The van der Waals surface area contributed by atoms with Crippen LogP contribution in [0.25, 0.3) is 0 Å². The summed E-state index contributed by atoms with van der Waals surface area (Å²) in [6, 6.07) is 0.722. The molecule has 1 spiro atoms. The number of likely N-dealkylation sites (tertiary alicyclic amines) is 1. The molecule has 0 aliphatic carbocycles. The molecule has 74 valence electrons. The van der Waals surface area contributed by atoms with E-state index in [0.717, 1.165) is 32.5 Å². The van der Waals surface area contributed by atoms with E-state index >= 15 is 0 Å². The number of hydrogen-bond donors (Lipinski definition) is 0. The van der Waals surface area contributed by atoms with Crippen LogP contribution in [0.1, 0.15) is 12.8 Å². The van der Waals surface area contributed by atoms with Crippen molar-refractivity contribution in [2.75, 3.05) is 39.5 Å². The van der Waals surface area contributed by atoms with Crippen molar-refractivity contribution >= 4 is 0 Å². The zero-order valence-electron chi connectivity index (χ0n) is 8.00. The van der Waals surface area contributed by atoms with E-state index in [1.165, 1.54) is 25.9 Å². The Morgan fingerprint density at radius 1 is 1.15 bits per heavy atom. The fourth-order valence-electron chi connectivity index (χ4n) is 2.69. The van der Waals surface area contributed by atoms with Gasteiger partial charge in [0.05, 0.1) is 25.9 Å². The van der Waals surface area contributed by atoms with Crippen LogP contribution in [0.3, 0.4) is 0 Å². The van der Waals surface area contributed by atoms with E-state index in [1.807, 2.05) is 0 Å². The fraction of sp³-hybridized carbons (Fsp3) is 1.00. The van der Waals surface area contributed by atoms with E-state index in [9.17, 15) is 0 Å². The van der Waals surface area contributed by atoms with Crippen LogP contribution < -0.4 is 0 Å². The van der Waals surface area contributed by atoms with Gasteiger partial charge in [-0.2, -0.15) is 0 Å². The van der Waals surface area contributed by atoms with Gasteiger partial charge in [0.25, 0.3) is 0 Å². The lowest BCUT2D eigenvalue weighted by Crippen LogP contribution is -2.48. The second-order valence-electron chi connectivity index (χ2n) is 4.71. The van der Waals surface area contributed by atoms with Crippen LogP contribution in [0, 0.1) is 5.41 Å². The molecule has 1 unspecified atom stereocenters. The van der Waals surface area contributed by atoms with Gasteiger partial charge in [0.2, 0.25) is 0 Å². The van der Waals surface area contributed by atoms with Crippen molar-refractivity contribution in [3.8, 4) is 0 Å². The molecule has 1 atom stereocenters. The Hall–Kier alpha value is -0.120. The molecule has 0 N–H and O–H groups in total. The minimum atomic E-state index is 0.523. The molecular weight excluding hydrogens is 166 g/mol. The van der Waals surface area contributed by atoms with Crippen LogP contribution in [0.5, 0.6) is 0 Å². The van der Waals surface area contributed by atoms with Crippen LogP contribution in [-0.4, -0.2) is 50.5 Å². The first kappa shape index (κ1) is 8.21. The number of rotatable bonds is 1. The van der Waals surface area contributed by atoms with Gasteiger partial charge in [0.15, 0.2) is 0 Å². The Morgan fingerprint density at radius 3 is 2.69 bits per heavy atom. The highest BCUT2D eigenvalue weighted by Crippen LogP contribution is 2.39. The van der Waals surface area contributed by atoms with Gasteiger partial charge >= 0.3 is 0 Å². The van der Waals surface area contributed by atoms with Crippen LogP contribution in [-0.2, 0) is 9.47 Å². The third-order valence-electron chi connectivity index (χ3n) is 3.79. The number of nitrogens with zero attached hydrogens (tertiary/aromatic N) is 1. The molecule has 3 heteroatoms. The van der Waals surface area contributed by atoms with Crippen molar-refractivity contribution in [1.82, 2.24) is 4.90 Å². The highest BCUT2D eigenvalue weighted by atomic mass is 16.5. The van der Waals surface area contributed by atoms with Crippen molar-refractivity contribution in [2.24, 2.45) is 5.41 Å². The summed E-state index contributed by atoms with van der Waals surface area (Å²) in [5.41, 5.74) is 0.523. The van der Waals surface area contributed by atoms with Gasteiger partial charge in [-0.1, -0.05) is 0 Å². The molecule has 0 aromatic carbocycles. The molecule has 0 amide bonds. The summed E-state index contributed by atoms with van der Waals surface area (Å²) in [5, 5.41) is 0. The molecule has 13 heavy (non-hydrogen) atoms. The first-order valence-electron chi connectivity index (χ1n) is 5.28. The van der Waals surface area contributed by atoms with E-state index in [1.54, 1.807) is 0 Å². The van der Waals surface area contributed by atoms with Gasteiger partial charge in [0, 0.05) is 18.6 Å². The maximum absolute atomic E-state index is 5.50. The monoisotopic (exact) mass is 183 g/mol. The zero-order valence-corrected chi connectivity index (χ0v) is 8.00. The molecule has 3 saturated heterocycles. The third kappa shape index (κ3) is 1.30. The Morgan fingerprint density at radius 2 is 2.08 bits per heavy atom. The predicted molar refractivity (Wildman–Crippen MR) is 48.7 cm³/mol. The van der Waals surface area contributed by atoms with Gasteiger partial charge in [-0.25, -0.2) is 0 Å². The summed E-state index contributed by atoms with van der Waals surface area (Å²) < 4.78 is 10.7. The summed E-state index contributed by atoms with van der Waals surface area (Å²) in [5.74, 6) is 0. The van der Waals surface area contributed by atoms with Crippen molar-refractivity contribution < 1.29 is 9.47 Å². The molecule has 3 fully saturated rings. The molecule has 0 aromatic heterocycles. The molecule has 0 saturated carbocycles. The van der Waals surface area contributed by atoms with Crippen molar-refractivity contribution in [1.29, 1.82) is 0 Å². The minimum absolute atomic E-state index is 0.523. The van der Waals surface area contributed by atoms with E-state index in [2.05, 4.69) is 4.90 Å². The molecule has 3 heterocycles. The van der Waals surface area contributed by atoms with Gasteiger partial charge in [0.1, 0.15) is 0 Å². The van der Waals surface area contributed by atoms with Crippen molar-refractivity contribution in [3.63, 3.8) is 0 Å². The Bertz CT molecular complexity index is 197. The molecule has 3 nitrogen and oxygen atoms in total. The Kier molecular flexibility index (Phi) is 1.86. The number of ether oxygens (including phenoxy) is 2. The molecule has 0 aromatic rings. The van der Waals surface area contributed by atoms with Gasteiger partial charge in [-0.15, -0.1) is 0 Å². The van der Waals surface area contributed by atoms with E-state index in [0.29, 0.717) is 5.41 Å². The molecule has 3 aliphatic rings. The average molecular weight is 183 g/mol. The zero-order chi connectivity index (χ0) is 8.73. The standard InChI is InChI=1S/C10H17NO2/c1-3-11(9-5-13-6-9)7-10(1)2-4-12-8-10/h9H,1-8H2. The largest absolute Gasteiger partial charge is 0.381 e. The molecule has 0 radical (unpaired) electrons. The normalized spacial score (nSPS) is 41.5. The van der Waals surface area contributed by atoms with Crippen LogP contribution in [0.2, 0.25) is 0 Å². The Balaban J connectivity index is 1.63. The molecular formula is C10H17NO2. The van der Waals surface area contributed by atoms with E-state index < -0.39 is 0 Å². The lowest BCUT2D eigenvalue weighted by Gasteiger charge is -2.35. The summed E-state index contributed by atoms with van der Waals surface area (Å²) in [7, 11) is 0. The Labute approximate surface area is 79.0 Å². The van der Waals surface area contributed by atoms with Crippen molar-refractivity contribution in [2.45, 2.75) is 18.9 Å². The third-order valence-corrected chi connectivity index (χ3v) is 3.79. The van der Waals surface area contributed by atoms with Gasteiger partial charge < -0.3 is 9.47 Å². The minimum Gasteiger partial charge on any atom is -0.381 e. The maximum atomic E-state index is 5.50. The second-order valence-corrected chi connectivity index (χ2v) is 4.71. The molecule has 0 bridgehead atoms. The SMILES string of the molecule is C1CC2(CCN(C3COC3)C2)CO1.